The highest BCUT2D eigenvalue weighted by Crippen LogP contribution is 2.60. The number of nitrogens with one attached hydrogen (secondary N) is 2. The molecule has 32 heavy (non-hydrogen) atoms. The Morgan fingerprint density at radius 2 is 1.66 bits per heavy atom. The molecule has 1 saturated heterocycles. The molecular formula is C22H33N3O7. The maximum Gasteiger partial charge on any atom is 0.329 e. The molecule has 4 saturated carbocycles. The number of esters is 1. The first-order chi connectivity index (χ1) is 15.3. The third kappa shape index (κ3) is 4.76. The molecule has 1 heterocycles. The van der Waals surface area contributed by atoms with E-state index in [1.165, 1.54) is 31.3 Å². The maximum absolute atomic E-state index is 13.6. The number of likely N-dealkylation sites (tertiary alicyclic amines) is 1. The van der Waals surface area contributed by atoms with Crippen LogP contribution in [-0.4, -0.2) is 79.4 Å². The molecule has 4 amide bonds. The van der Waals surface area contributed by atoms with Crippen molar-refractivity contribution in [1.82, 2.24) is 15.5 Å². The molecule has 5 aliphatic rings. The molecule has 0 radical (unpaired) electrons. The third-order valence-electron chi connectivity index (χ3n) is 7.49. The number of carbonyl (C=O) groups excluding carboxylic acids is 4. The van der Waals surface area contributed by atoms with Crippen molar-refractivity contribution in [2.24, 2.45) is 23.2 Å². The van der Waals surface area contributed by atoms with E-state index in [0.717, 1.165) is 19.3 Å². The number of methoxy groups -OCH3 is 1. The molecule has 0 spiro atoms. The zero-order chi connectivity index (χ0) is 22.9. The van der Waals surface area contributed by atoms with Crippen molar-refractivity contribution in [3.05, 3.63) is 0 Å². The Kier molecular flexibility index (Phi) is 6.71. The van der Waals surface area contributed by atoms with Gasteiger partial charge in [-0.3, -0.25) is 14.9 Å². The van der Waals surface area contributed by atoms with Gasteiger partial charge in [0.15, 0.2) is 6.61 Å². The van der Waals surface area contributed by atoms with E-state index in [1.807, 2.05) is 0 Å². The van der Waals surface area contributed by atoms with Gasteiger partial charge in [-0.1, -0.05) is 0 Å². The van der Waals surface area contributed by atoms with Crippen molar-refractivity contribution in [3.8, 4) is 0 Å². The van der Waals surface area contributed by atoms with Crippen molar-refractivity contribution in [1.29, 1.82) is 0 Å². The van der Waals surface area contributed by atoms with Crippen LogP contribution >= 0.6 is 0 Å². The predicted molar refractivity (Wildman–Crippen MR) is 111 cm³/mol. The van der Waals surface area contributed by atoms with Crippen LogP contribution in [0.25, 0.3) is 0 Å². The lowest BCUT2D eigenvalue weighted by Gasteiger charge is -2.56. The van der Waals surface area contributed by atoms with Crippen molar-refractivity contribution in [3.63, 3.8) is 0 Å². The largest absolute Gasteiger partial charge is 0.454 e. The van der Waals surface area contributed by atoms with Gasteiger partial charge in [-0.25, -0.2) is 9.59 Å². The quantitative estimate of drug-likeness (QED) is 0.371. The molecule has 4 aliphatic carbocycles. The molecule has 0 aromatic carbocycles. The van der Waals surface area contributed by atoms with Crippen LogP contribution in [0.4, 0.5) is 4.79 Å². The number of aliphatic hydroxyl groups excluding tert-OH is 1. The molecule has 4 bridgehead atoms. The number of rotatable bonds is 7. The van der Waals surface area contributed by atoms with E-state index in [2.05, 4.69) is 10.6 Å². The summed E-state index contributed by atoms with van der Waals surface area (Å²) in [6.07, 6.45) is 5.51. The molecule has 178 valence electrons. The number of urea groups is 1. The van der Waals surface area contributed by atoms with Gasteiger partial charge in [0.05, 0.1) is 18.1 Å². The smallest absolute Gasteiger partial charge is 0.329 e. The third-order valence-corrected chi connectivity index (χ3v) is 7.49. The Balaban J connectivity index is 1.32. The van der Waals surface area contributed by atoms with Crippen LogP contribution in [0.3, 0.4) is 0 Å². The normalized spacial score (nSPS) is 34.9. The first-order valence-electron chi connectivity index (χ1n) is 11.5. The van der Waals surface area contributed by atoms with Crippen molar-refractivity contribution >= 4 is 23.8 Å². The zero-order valence-corrected chi connectivity index (χ0v) is 18.5. The molecule has 10 heteroatoms. The predicted octanol–water partition coefficient (Wildman–Crippen LogP) is 0.180. The van der Waals surface area contributed by atoms with Crippen LogP contribution in [0.2, 0.25) is 0 Å². The highest BCUT2D eigenvalue weighted by atomic mass is 16.5. The number of hydrogen-bond donors (Lipinski definition) is 3. The molecule has 1 unspecified atom stereocenters. The summed E-state index contributed by atoms with van der Waals surface area (Å²) in [5, 5.41) is 14.7. The highest BCUT2D eigenvalue weighted by molar-refractivity contribution is 5.96. The molecular weight excluding hydrogens is 418 g/mol. The minimum Gasteiger partial charge on any atom is -0.454 e. The van der Waals surface area contributed by atoms with E-state index in [0.29, 0.717) is 24.4 Å². The Morgan fingerprint density at radius 3 is 2.25 bits per heavy atom. The van der Waals surface area contributed by atoms with E-state index in [9.17, 15) is 24.3 Å². The monoisotopic (exact) mass is 451 g/mol. The summed E-state index contributed by atoms with van der Waals surface area (Å²) in [6, 6.07) is -1.62. The van der Waals surface area contributed by atoms with Gasteiger partial charge in [0.25, 0.3) is 5.91 Å². The minimum atomic E-state index is -0.908. The van der Waals surface area contributed by atoms with Gasteiger partial charge in [0.2, 0.25) is 5.91 Å². The summed E-state index contributed by atoms with van der Waals surface area (Å²) in [6.45, 7) is 0.00191. The van der Waals surface area contributed by atoms with Gasteiger partial charge in [0, 0.05) is 26.6 Å². The number of amides is 4. The fourth-order valence-electron chi connectivity index (χ4n) is 6.65. The Labute approximate surface area is 187 Å². The summed E-state index contributed by atoms with van der Waals surface area (Å²) in [5.74, 6) is 0.211. The van der Waals surface area contributed by atoms with Crippen LogP contribution < -0.4 is 10.6 Å². The second kappa shape index (κ2) is 9.35. The van der Waals surface area contributed by atoms with Crippen LogP contribution in [0.15, 0.2) is 0 Å². The molecule has 2 atom stereocenters. The summed E-state index contributed by atoms with van der Waals surface area (Å²) >= 11 is 0. The van der Waals surface area contributed by atoms with Crippen molar-refractivity contribution in [2.75, 3.05) is 33.4 Å². The van der Waals surface area contributed by atoms with Gasteiger partial charge < -0.3 is 24.8 Å². The van der Waals surface area contributed by atoms with Gasteiger partial charge in [-0.05, 0) is 56.3 Å². The number of carbonyl (C=O) groups is 4. The van der Waals surface area contributed by atoms with E-state index in [-0.39, 0.29) is 25.4 Å². The molecule has 0 aromatic heterocycles. The highest BCUT2D eigenvalue weighted by Gasteiger charge is 2.57. The summed E-state index contributed by atoms with van der Waals surface area (Å²) in [7, 11) is 1.49. The number of hydrogen-bond acceptors (Lipinski definition) is 7. The van der Waals surface area contributed by atoms with Crippen LogP contribution in [0.1, 0.15) is 44.9 Å². The molecule has 1 aliphatic heterocycles. The molecule has 0 aromatic rings. The average molecular weight is 452 g/mol. The van der Waals surface area contributed by atoms with Gasteiger partial charge >= 0.3 is 12.0 Å². The van der Waals surface area contributed by atoms with E-state index in [1.54, 1.807) is 0 Å². The number of imide groups is 1. The van der Waals surface area contributed by atoms with E-state index in [4.69, 9.17) is 9.47 Å². The number of aliphatic hydroxyl groups is 1. The molecule has 10 nitrogen and oxygen atoms in total. The van der Waals surface area contributed by atoms with Crippen LogP contribution in [0, 0.1) is 23.2 Å². The molecule has 5 rings (SSSR count). The summed E-state index contributed by atoms with van der Waals surface area (Å²) in [5.41, 5.74) is -0.422. The topological polar surface area (TPSA) is 134 Å². The van der Waals surface area contributed by atoms with Crippen molar-refractivity contribution in [2.45, 2.75) is 57.1 Å². The lowest BCUT2D eigenvalue weighted by molar-refractivity contribution is -0.166. The second-order valence-electron chi connectivity index (χ2n) is 9.97. The lowest BCUT2D eigenvalue weighted by atomic mass is 9.49. The summed E-state index contributed by atoms with van der Waals surface area (Å²) in [4.78, 5) is 51.3. The fourth-order valence-corrected chi connectivity index (χ4v) is 6.65. The number of β-amino-alcohol motifs (C(OH)–C–C–N with tert-alkyl or cyclic N) is 1. The average Bonchev–Trinajstić information content (AvgIpc) is 3.12. The van der Waals surface area contributed by atoms with E-state index >= 15 is 0 Å². The van der Waals surface area contributed by atoms with E-state index < -0.39 is 42.1 Å². The van der Waals surface area contributed by atoms with Crippen LogP contribution in [-0.2, 0) is 23.9 Å². The Bertz CT molecular complexity index is 735. The Hall–Kier alpha value is -2.20. The van der Waals surface area contributed by atoms with Gasteiger partial charge in [0.1, 0.15) is 6.04 Å². The molecule has 5 fully saturated rings. The number of ether oxygens (including phenoxy) is 2. The summed E-state index contributed by atoms with van der Waals surface area (Å²) < 4.78 is 9.90. The second-order valence-corrected chi connectivity index (χ2v) is 9.97. The Morgan fingerprint density at radius 1 is 1.03 bits per heavy atom. The van der Waals surface area contributed by atoms with Crippen molar-refractivity contribution < 1.29 is 33.8 Å². The fraction of sp³-hybridized carbons (Fsp3) is 0.818. The SMILES string of the molecule is COCCNC(=O)NC(=O)COC(=O)[C@@H]1CC(O)CN1C(=O)C12CC3CC(CC(C3)C1)C2. The van der Waals surface area contributed by atoms with Crippen LogP contribution in [0.5, 0.6) is 0 Å². The van der Waals surface area contributed by atoms with Gasteiger partial charge in [-0.15, -0.1) is 0 Å². The lowest BCUT2D eigenvalue weighted by Crippen LogP contribution is -2.56. The standard InChI is InChI=1S/C22H33N3O7/c1-31-3-2-23-21(30)24-18(27)12-32-19(28)17-7-16(26)11-25(17)20(29)22-8-13-4-14(9-22)6-15(5-13)10-22/h13-17,26H,2-12H2,1H3,(H2,23,24,27,30)/t13?,14?,15?,16?,17-,22?/m0/s1. The number of nitrogens with zero attached hydrogens (tertiary/aromatic N) is 1. The molecule has 3 N–H and O–H groups in total. The first-order valence-corrected chi connectivity index (χ1v) is 11.5. The van der Waals surface area contributed by atoms with Gasteiger partial charge in [-0.2, -0.15) is 0 Å². The maximum atomic E-state index is 13.6. The zero-order valence-electron chi connectivity index (χ0n) is 18.5. The minimum absolute atomic E-state index is 0.0444. The first kappa shape index (κ1) is 23.0.